The van der Waals surface area contributed by atoms with E-state index in [1.54, 1.807) is 12.0 Å². The Bertz CT molecular complexity index is 759. The molecule has 0 fully saturated rings. The lowest BCUT2D eigenvalue weighted by atomic mass is 10.1. The Morgan fingerprint density at radius 2 is 1.85 bits per heavy atom. The number of rotatable bonds is 7. The molecule has 5 heteroatoms. The molecule has 0 saturated carbocycles. The van der Waals surface area contributed by atoms with Crippen LogP contribution >= 0.6 is 0 Å². The van der Waals surface area contributed by atoms with Gasteiger partial charge in [0, 0.05) is 19.9 Å². The molecule has 2 aromatic rings. The molecule has 0 aliphatic rings. The summed E-state index contributed by atoms with van der Waals surface area (Å²) in [7, 11) is 1.57. The first kappa shape index (κ1) is 19.5. The molecule has 0 bridgehead atoms. The molecule has 0 saturated heterocycles. The molecule has 5 nitrogen and oxygen atoms in total. The van der Waals surface area contributed by atoms with E-state index in [2.05, 4.69) is 5.32 Å². The van der Waals surface area contributed by atoms with E-state index in [1.807, 2.05) is 62.4 Å². The van der Waals surface area contributed by atoms with Crippen molar-refractivity contribution in [2.24, 2.45) is 0 Å². The molecule has 0 spiro atoms. The quantitative estimate of drug-likeness (QED) is 0.826. The molecule has 0 aromatic heterocycles. The summed E-state index contributed by atoms with van der Waals surface area (Å²) < 4.78 is 5.37. The first-order chi connectivity index (χ1) is 12.4. The second-order valence-electron chi connectivity index (χ2n) is 6.30. The van der Waals surface area contributed by atoms with Crippen LogP contribution in [0.2, 0.25) is 0 Å². The number of methoxy groups -OCH3 is 1. The fourth-order valence-electron chi connectivity index (χ4n) is 2.81. The lowest BCUT2D eigenvalue weighted by molar-refractivity contribution is -0.121. The maximum Gasteiger partial charge on any atom is 0.223 e. The van der Waals surface area contributed by atoms with Gasteiger partial charge in [-0.15, -0.1) is 0 Å². The fourth-order valence-corrected chi connectivity index (χ4v) is 2.81. The number of aryl methyl sites for hydroxylation is 1. The largest absolute Gasteiger partial charge is 0.495 e. The van der Waals surface area contributed by atoms with Gasteiger partial charge in [-0.05, 0) is 37.1 Å². The molecule has 1 N–H and O–H groups in total. The van der Waals surface area contributed by atoms with E-state index < -0.39 is 0 Å². The van der Waals surface area contributed by atoms with Crippen molar-refractivity contribution in [1.29, 1.82) is 0 Å². The Morgan fingerprint density at radius 3 is 2.46 bits per heavy atom. The number of carbonyl (C=O) groups excluding carboxylic acids is 2. The van der Waals surface area contributed by atoms with Crippen molar-refractivity contribution < 1.29 is 14.3 Å². The number of ether oxygens (including phenoxy) is 1. The minimum Gasteiger partial charge on any atom is -0.495 e. The van der Waals surface area contributed by atoms with Crippen molar-refractivity contribution in [2.75, 3.05) is 18.6 Å². The summed E-state index contributed by atoms with van der Waals surface area (Å²) in [5, 5.41) is 2.97. The lowest BCUT2D eigenvalue weighted by Crippen LogP contribution is -2.35. The standard InChI is InChI=1S/C21H26N2O3/c1-15-10-11-20(26-4)19(14-15)23(17(3)24)13-12-21(25)22-16(2)18-8-6-5-7-9-18/h5-11,14,16H,12-13H2,1-4H3,(H,22,25). The second-order valence-corrected chi connectivity index (χ2v) is 6.30. The monoisotopic (exact) mass is 354 g/mol. The smallest absolute Gasteiger partial charge is 0.223 e. The third-order valence-electron chi connectivity index (χ3n) is 4.24. The molecule has 0 aliphatic heterocycles. The molecule has 0 heterocycles. The molecule has 2 amide bonds. The van der Waals surface area contributed by atoms with E-state index in [0.29, 0.717) is 18.0 Å². The third-order valence-corrected chi connectivity index (χ3v) is 4.24. The van der Waals surface area contributed by atoms with Crippen LogP contribution in [0.4, 0.5) is 5.69 Å². The third kappa shape index (κ3) is 5.09. The predicted molar refractivity (Wildman–Crippen MR) is 103 cm³/mol. The van der Waals surface area contributed by atoms with Gasteiger partial charge in [-0.3, -0.25) is 9.59 Å². The van der Waals surface area contributed by atoms with Crippen LogP contribution in [0.25, 0.3) is 0 Å². The van der Waals surface area contributed by atoms with Gasteiger partial charge in [-0.25, -0.2) is 0 Å². The van der Waals surface area contributed by atoms with E-state index in [-0.39, 0.29) is 24.3 Å². The van der Waals surface area contributed by atoms with Crippen LogP contribution in [0.15, 0.2) is 48.5 Å². The van der Waals surface area contributed by atoms with Crippen LogP contribution in [0.1, 0.15) is 37.4 Å². The van der Waals surface area contributed by atoms with E-state index in [9.17, 15) is 9.59 Å². The number of amides is 2. The van der Waals surface area contributed by atoms with Gasteiger partial charge in [0.15, 0.2) is 0 Å². The number of nitrogens with one attached hydrogen (secondary N) is 1. The average molecular weight is 354 g/mol. The SMILES string of the molecule is COc1ccc(C)cc1N(CCC(=O)NC(C)c1ccccc1)C(C)=O. The highest BCUT2D eigenvalue weighted by Gasteiger charge is 2.18. The number of anilines is 1. The minimum atomic E-state index is -0.127. The van der Waals surface area contributed by atoms with Gasteiger partial charge in [0.1, 0.15) is 5.75 Å². The lowest BCUT2D eigenvalue weighted by Gasteiger charge is -2.24. The van der Waals surface area contributed by atoms with Gasteiger partial charge < -0.3 is 15.0 Å². The van der Waals surface area contributed by atoms with E-state index in [1.165, 1.54) is 6.92 Å². The van der Waals surface area contributed by atoms with Crippen molar-refractivity contribution in [3.8, 4) is 5.75 Å². The van der Waals surface area contributed by atoms with Crippen LogP contribution in [-0.2, 0) is 9.59 Å². The first-order valence-electron chi connectivity index (χ1n) is 8.69. The molecule has 0 aliphatic carbocycles. The number of hydrogen-bond acceptors (Lipinski definition) is 3. The summed E-state index contributed by atoms with van der Waals surface area (Å²) in [5.41, 5.74) is 2.75. The molecule has 2 rings (SSSR count). The number of carbonyl (C=O) groups is 2. The average Bonchev–Trinajstić information content (AvgIpc) is 2.62. The second kappa shape index (κ2) is 9.04. The molecule has 1 atom stereocenters. The molecule has 0 radical (unpaired) electrons. The van der Waals surface area contributed by atoms with Crippen molar-refractivity contribution in [2.45, 2.75) is 33.2 Å². The topological polar surface area (TPSA) is 58.6 Å². The summed E-state index contributed by atoms with van der Waals surface area (Å²) in [6.45, 7) is 5.68. The summed E-state index contributed by atoms with van der Waals surface area (Å²) in [6.07, 6.45) is 0.216. The molecule has 138 valence electrons. The highest BCUT2D eigenvalue weighted by molar-refractivity contribution is 5.94. The predicted octanol–water partition coefficient (Wildman–Crippen LogP) is 3.62. The van der Waals surface area contributed by atoms with Gasteiger partial charge in [0.25, 0.3) is 0 Å². The van der Waals surface area contributed by atoms with Crippen LogP contribution in [0.5, 0.6) is 5.75 Å². The zero-order valence-corrected chi connectivity index (χ0v) is 15.8. The summed E-state index contributed by atoms with van der Waals surface area (Å²) >= 11 is 0. The van der Waals surface area contributed by atoms with Gasteiger partial charge >= 0.3 is 0 Å². The van der Waals surface area contributed by atoms with E-state index in [4.69, 9.17) is 4.74 Å². The van der Waals surface area contributed by atoms with E-state index in [0.717, 1.165) is 11.1 Å². The Morgan fingerprint density at radius 1 is 1.15 bits per heavy atom. The Kier molecular flexibility index (Phi) is 6.78. The van der Waals surface area contributed by atoms with Crippen LogP contribution in [0, 0.1) is 6.92 Å². The van der Waals surface area contributed by atoms with E-state index >= 15 is 0 Å². The van der Waals surface area contributed by atoms with Crippen LogP contribution in [0.3, 0.4) is 0 Å². The molecule has 1 unspecified atom stereocenters. The van der Waals surface area contributed by atoms with Gasteiger partial charge in [-0.1, -0.05) is 36.4 Å². The van der Waals surface area contributed by atoms with Crippen molar-refractivity contribution >= 4 is 17.5 Å². The molecular weight excluding hydrogens is 328 g/mol. The summed E-state index contributed by atoms with van der Waals surface area (Å²) in [5.74, 6) is 0.390. The Balaban J connectivity index is 2.04. The summed E-state index contributed by atoms with van der Waals surface area (Å²) in [4.78, 5) is 26.0. The van der Waals surface area contributed by atoms with Crippen molar-refractivity contribution in [1.82, 2.24) is 5.32 Å². The molecule has 2 aromatic carbocycles. The zero-order chi connectivity index (χ0) is 19.1. The van der Waals surface area contributed by atoms with Crippen molar-refractivity contribution in [3.05, 3.63) is 59.7 Å². The molecule has 26 heavy (non-hydrogen) atoms. The minimum absolute atomic E-state index is 0.0806. The molecular formula is C21H26N2O3. The Labute approximate surface area is 155 Å². The van der Waals surface area contributed by atoms with Gasteiger partial charge in [-0.2, -0.15) is 0 Å². The first-order valence-corrected chi connectivity index (χ1v) is 8.69. The number of benzene rings is 2. The number of hydrogen-bond donors (Lipinski definition) is 1. The fraction of sp³-hybridized carbons (Fsp3) is 0.333. The van der Waals surface area contributed by atoms with Gasteiger partial charge in [0.2, 0.25) is 11.8 Å². The Hall–Kier alpha value is -2.82. The van der Waals surface area contributed by atoms with Crippen LogP contribution < -0.4 is 15.0 Å². The van der Waals surface area contributed by atoms with Crippen LogP contribution in [-0.4, -0.2) is 25.5 Å². The maximum absolute atomic E-state index is 12.3. The number of nitrogens with zero attached hydrogens (tertiary/aromatic N) is 1. The normalized spacial score (nSPS) is 11.5. The maximum atomic E-state index is 12.3. The summed E-state index contributed by atoms with van der Waals surface area (Å²) in [6, 6.07) is 15.4. The highest BCUT2D eigenvalue weighted by Crippen LogP contribution is 2.29. The highest BCUT2D eigenvalue weighted by atomic mass is 16.5. The van der Waals surface area contributed by atoms with Crippen molar-refractivity contribution in [3.63, 3.8) is 0 Å². The van der Waals surface area contributed by atoms with Gasteiger partial charge in [0.05, 0.1) is 18.8 Å². The zero-order valence-electron chi connectivity index (χ0n) is 15.8.